The number of sulfone groups is 1. The highest BCUT2D eigenvalue weighted by molar-refractivity contribution is 7.91. The predicted molar refractivity (Wildman–Crippen MR) is 125 cm³/mol. The number of hydrogen-bond acceptors (Lipinski definition) is 5. The van der Waals surface area contributed by atoms with E-state index in [0.29, 0.717) is 0 Å². The van der Waals surface area contributed by atoms with Crippen LogP contribution in [0, 0.1) is 0 Å². The van der Waals surface area contributed by atoms with Crippen molar-refractivity contribution in [2.45, 2.75) is 36.1 Å². The molecule has 7 heteroatoms. The van der Waals surface area contributed by atoms with Crippen LogP contribution in [-0.4, -0.2) is 39.6 Å². The van der Waals surface area contributed by atoms with Crippen molar-refractivity contribution in [1.29, 1.82) is 0 Å². The average molecular weight is 446 g/mol. The van der Waals surface area contributed by atoms with Crippen molar-refractivity contribution in [3.05, 3.63) is 60.2 Å². The van der Waals surface area contributed by atoms with Crippen molar-refractivity contribution in [1.82, 2.24) is 10.3 Å². The Morgan fingerprint density at radius 3 is 2.23 bits per heavy atom. The maximum absolute atomic E-state index is 13.4. The molecule has 0 spiro atoms. The third-order valence-electron chi connectivity index (χ3n) is 5.42. The molecule has 0 unspecified atom stereocenters. The highest BCUT2D eigenvalue weighted by Gasteiger charge is 2.24. The number of fused-ring (bicyclic) bond motifs is 1. The second-order valence-electron chi connectivity index (χ2n) is 8.52. The fraction of sp³-hybridized carbons (Fsp3) is 0.348. The number of benzene rings is 2. The van der Waals surface area contributed by atoms with Crippen molar-refractivity contribution in [3.63, 3.8) is 0 Å². The van der Waals surface area contributed by atoms with E-state index in [1.165, 1.54) is 0 Å². The number of rotatable bonds is 3. The molecule has 0 atom stereocenters. The summed E-state index contributed by atoms with van der Waals surface area (Å²) in [4.78, 5) is 7.10. The second kappa shape index (κ2) is 8.53. The average Bonchev–Trinajstić information content (AvgIpc) is 2.73. The molecule has 5 nitrogen and oxygen atoms in total. The summed E-state index contributed by atoms with van der Waals surface area (Å²) in [7, 11) is -3.71. The quantitative estimate of drug-likeness (QED) is 0.654. The molecule has 2 heterocycles. The smallest absolute Gasteiger partial charge is 0.223 e. The van der Waals surface area contributed by atoms with E-state index in [1.807, 2.05) is 36.4 Å². The Balaban J connectivity index is 0.00000256. The number of hydrogen-bond donors (Lipinski definition) is 1. The standard InChI is InChI=1S/C23H27N3O2S.ClH/c1-23(2,3)18-8-10-19(11-9-18)29(27,28)21-16-17-6-4-5-7-20(17)22(25-21)26-14-12-24-13-15-26;/h4-11,16,24H,12-15H2,1-3H3;1H. The zero-order chi connectivity index (χ0) is 20.6. The first-order valence-corrected chi connectivity index (χ1v) is 11.5. The van der Waals surface area contributed by atoms with Crippen molar-refractivity contribution in [3.8, 4) is 0 Å². The van der Waals surface area contributed by atoms with Gasteiger partial charge in [0.2, 0.25) is 9.84 Å². The van der Waals surface area contributed by atoms with Crippen LogP contribution >= 0.6 is 12.4 Å². The number of nitrogens with zero attached hydrogens (tertiary/aromatic N) is 2. The first-order valence-electron chi connectivity index (χ1n) is 9.98. The molecule has 3 aromatic rings. The summed E-state index contributed by atoms with van der Waals surface area (Å²) in [6, 6.07) is 16.7. The Kier molecular flexibility index (Phi) is 6.41. The summed E-state index contributed by atoms with van der Waals surface area (Å²) in [6.45, 7) is 9.67. The molecule has 0 radical (unpaired) electrons. The SMILES string of the molecule is CC(C)(C)c1ccc(S(=O)(=O)c2cc3ccccc3c(N3CCNCC3)n2)cc1.Cl. The maximum atomic E-state index is 13.4. The van der Waals surface area contributed by atoms with E-state index in [2.05, 4.69) is 36.0 Å². The number of aromatic nitrogens is 1. The molecule has 1 aromatic heterocycles. The lowest BCUT2D eigenvalue weighted by molar-refractivity contribution is 0.579. The van der Waals surface area contributed by atoms with Crippen LogP contribution < -0.4 is 10.2 Å². The molecule has 1 fully saturated rings. The molecule has 1 saturated heterocycles. The summed E-state index contributed by atoms with van der Waals surface area (Å²) < 4.78 is 26.8. The molecular formula is C23H28ClN3O2S. The van der Waals surface area contributed by atoms with E-state index in [9.17, 15) is 8.42 Å². The van der Waals surface area contributed by atoms with Gasteiger partial charge in [-0.2, -0.15) is 0 Å². The molecule has 0 aliphatic carbocycles. The van der Waals surface area contributed by atoms with Crippen LogP contribution in [0.4, 0.5) is 5.82 Å². The van der Waals surface area contributed by atoms with Gasteiger partial charge in [-0.25, -0.2) is 13.4 Å². The highest BCUT2D eigenvalue weighted by Crippen LogP contribution is 2.31. The summed E-state index contributed by atoms with van der Waals surface area (Å²) >= 11 is 0. The molecule has 0 saturated carbocycles. The molecule has 1 N–H and O–H groups in total. The fourth-order valence-corrected chi connectivity index (χ4v) is 4.89. The topological polar surface area (TPSA) is 62.3 Å². The molecule has 4 rings (SSSR count). The minimum Gasteiger partial charge on any atom is -0.354 e. The van der Waals surface area contributed by atoms with E-state index in [1.54, 1.807) is 18.2 Å². The molecule has 30 heavy (non-hydrogen) atoms. The zero-order valence-electron chi connectivity index (χ0n) is 17.6. The number of piperazine rings is 1. The van der Waals surface area contributed by atoms with Crippen molar-refractivity contribution in [2.24, 2.45) is 0 Å². The monoisotopic (exact) mass is 445 g/mol. The Morgan fingerprint density at radius 1 is 0.967 bits per heavy atom. The molecule has 1 aliphatic heterocycles. The summed E-state index contributed by atoms with van der Waals surface area (Å²) in [6.07, 6.45) is 0. The van der Waals surface area contributed by atoms with Gasteiger partial charge in [-0.05, 0) is 34.6 Å². The minimum absolute atomic E-state index is 0. The third-order valence-corrected chi connectivity index (χ3v) is 7.07. The van der Waals surface area contributed by atoms with E-state index in [0.717, 1.165) is 48.3 Å². The maximum Gasteiger partial charge on any atom is 0.223 e. The van der Waals surface area contributed by atoms with Crippen LogP contribution in [0.5, 0.6) is 0 Å². The van der Waals surface area contributed by atoms with E-state index < -0.39 is 9.84 Å². The van der Waals surface area contributed by atoms with Crippen LogP contribution in [0.15, 0.2) is 64.5 Å². The second-order valence-corrected chi connectivity index (χ2v) is 10.4. The minimum atomic E-state index is -3.71. The van der Waals surface area contributed by atoms with Gasteiger partial charge in [-0.15, -0.1) is 12.4 Å². The van der Waals surface area contributed by atoms with Crippen LogP contribution in [0.25, 0.3) is 10.8 Å². The van der Waals surface area contributed by atoms with Gasteiger partial charge in [0.25, 0.3) is 0 Å². The van der Waals surface area contributed by atoms with Crippen LogP contribution in [0.1, 0.15) is 26.3 Å². The lowest BCUT2D eigenvalue weighted by Gasteiger charge is -2.29. The van der Waals surface area contributed by atoms with Gasteiger partial charge in [0.1, 0.15) is 5.82 Å². The summed E-state index contributed by atoms with van der Waals surface area (Å²) in [5.74, 6) is 0.745. The lowest BCUT2D eigenvalue weighted by atomic mass is 9.87. The molecule has 160 valence electrons. The van der Waals surface area contributed by atoms with E-state index in [4.69, 9.17) is 0 Å². The third kappa shape index (κ3) is 4.31. The van der Waals surface area contributed by atoms with E-state index >= 15 is 0 Å². The van der Waals surface area contributed by atoms with Gasteiger partial charge in [0.15, 0.2) is 5.03 Å². The fourth-order valence-electron chi connectivity index (χ4n) is 3.67. The Morgan fingerprint density at radius 2 is 1.60 bits per heavy atom. The first-order chi connectivity index (χ1) is 13.8. The Bertz CT molecular complexity index is 1130. The highest BCUT2D eigenvalue weighted by atomic mass is 35.5. The van der Waals surface area contributed by atoms with Gasteiger partial charge in [0.05, 0.1) is 4.90 Å². The number of anilines is 1. The molecular weight excluding hydrogens is 418 g/mol. The van der Waals surface area contributed by atoms with Gasteiger partial charge in [0, 0.05) is 31.6 Å². The number of halogens is 1. The van der Waals surface area contributed by atoms with Gasteiger partial charge in [-0.3, -0.25) is 0 Å². The number of nitrogens with one attached hydrogen (secondary N) is 1. The van der Waals surface area contributed by atoms with Crippen molar-refractivity contribution in [2.75, 3.05) is 31.1 Å². The van der Waals surface area contributed by atoms with E-state index in [-0.39, 0.29) is 27.7 Å². The first kappa shape index (κ1) is 22.5. The number of pyridine rings is 1. The molecule has 1 aliphatic rings. The van der Waals surface area contributed by atoms with Crippen LogP contribution in [-0.2, 0) is 15.3 Å². The van der Waals surface area contributed by atoms with Crippen molar-refractivity contribution < 1.29 is 8.42 Å². The largest absolute Gasteiger partial charge is 0.354 e. The normalized spacial score (nSPS) is 15.1. The lowest BCUT2D eigenvalue weighted by Crippen LogP contribution is -2.44. The molecule has 0 bridgehead atoms. The zero-order valence-corrected chi connectivity index (χ0v) is 19.2. The Hall–Kier alpha value is -2.15. The van der Waals surface area contributed by atoms with Crippen LogP contribution in [0.2, 0.25) is 0 Å². The van der Waals surface area contributed by atoms with Gasteiger partial charge < -0.3 is 10.2 Å². The molecule has 2 aromatic carbocycles. The van der Waals surface area contributed by atoms with Gasteiger partial charge >= 0.3 is 0 Å². The molecule has 0 amide bonds. The summed E-state index contributed by atoms with van der Waals surface area (Å²) in [5, 5.41) is 5.31. The van der Waals surface area contributed by atoms with Gasteiger partial charge in [-0.1, -0.05) is 57.2 Å². The van der Waals surface area contributed by atoms with Crippen molar-refractivity contribution >= 4 is 38.8 Å². The summed E-state index contributed by atoms with van der Waals surface area (Å²) in [5.41, 5.74) is 1.07. The van der Waals surface area contributed by atoms with Crippen LogP contribution in [0.3, 0.4) is 0 Å². The Labute approximate surface area is 184 Å². The predicted octanol–water partition coefficient (Wildman–Crippen LogP) is 4.20.